The van der Waals surface area contributed by atoms with Gasteiger partial charge in [-0.15, -0.1) is 21.5 Å². The Kier molecular flexibility index (Phi) is 6.14. The zero-order valence-electron chi connectivity index (χ0n) is 16.4. The summed E-state index contributed by atoms with van der Waals surface area (Å²) in [6.07, 6.45) is 0. The van der Waals surface area contributed by atoms with Crippen molar-refractivity contribution in [3.63, 3.8) is 0 Å². The van der Waals surface area contributed by atoms with Crippen LogP contribution in [0.2, 0.25) is 0 Å². The van der Waals surface area contributed by atoms with Crippen molar-refractivity contribution in [2.24, 2.45) is 0 Å². The lowest BCUT2D eigenvalue weighted by molar-refractivity contribution is -0.115. The SMILES string of the molecule is Cc1nc(NC(=O)[C@@H](C)Sc2nnc(-c3ccccc3F)n2C(C)C)sc1C. The van der Waals surface area contributed by atoms with Crippen LogP contribution in [0.25, 0.3) is 11.4 Å². The minimum Gasteiger partial charge on any atom is -0.301 e. The van der Waals surface area contributed by atoms with E-state index in [9.17, 15) is 9.18 Å². The monoisotopic (exact) mass is 419 g/mol. The molecule has 3 rings (SSSR count). The summed E-state index contributed by atoms with van der Waals surface area (Å²) in [6.45, 7) is 9.63. The van der Waals surface area contributed by atoms with E-state index < -0.39 is 5.25 Å². The summed E-state index contributed by atoms with van der Waals surface area (Å²) in [5, 5.41) is 12.0. The maximum absolute atomic E-state index is 14.2. The molecule has 0 spiro atoms. The van der Waals surface area contributed by atoms with Gasteiger partial charge in [0.1, 0.15) is 5.82 Å². The second-order valence-electron chi connectivity index (χ2n) is 6.66. The van der Waals surface area contributed by atoms with E-state index in [0.717, 1.165) is 10.6 Å². The number of hydrogen-bond donors (Lipinski definition) is 1. The highest BCUT2D eigenvalue weighted by Crippen LogP contribution is 2.31. The maximum atomic E-state index is 14.2. The van der Waals surface area contributed by atoms with Crippen molar-refractivity contribution >= 4 is 34.1 Å². The van der Waals surface area contributed by atoms with Gasteiger partial charge in [-0.25, -0.2) is 9.37 Å². The largest absolute Gasteiger partial charge is 0.301 e. The summed E-state index contributed by atoms with van der Waals surface area (Å²) < 4.78 is 16.1. The number of anilines is 1. The van der Waals surface area contributed by atoms with Gasteiger partial charge in [-0.1, -0.05) is 23.9 Å². The van der Waals surface area contributed by atoms with Crippen molar-refractivity contribution in [3.05, 3.63) is 40.7 Å². The molecule has 0 aliphatic rings. The molecule has 1 N–H and O–H groups in total. The summed E-state index contributed by atoms with van der Waals surface area (Å²) in [5.74, 6) is -0.0625. The first-order valence-corrected chi connectivity index (χ1v) is 10.6. The second kappa shape index (κ2) is 8.40. The molecule has 1 atom stereocenters. The van der Waals surface area contributed by atoms with E-state index in [1.807, 2.05) is 32.3 Å². The van der Waals surface area contributed by atoms with Crippen molar-refractivity contribution in [3.8, 4) is 11.4 Å². The van der Waals surface area contributed by atoms with E-state index in [-0.39, 0.29) is 17.8 Å². The van der Waals surface area contributed by atoms with E-state index >= 15 is 0 Å². The number of thiazole rings is 1. The number of hydrogen-bond acceptors (Lipinski definition) is 6. The number of aryl methyl sites for hydroxylation is 2. The van der Waals surface area contributed by atoms with Crippen molar-refractivity contribution in [1.82, 2.24) is 19.7 Å². The van der Waals surface area contributed by atoms with Gasteiger partial charge in [-0.3, -0.25) is 9.36 Å². The van der Waals surface area contributed by atoms with Gasteiger partial charge in [0.15, 0.2) is 16.1 Å². The van der Waals surface area contributed by atoms with Gasteiger partial charge in [0.05, 0.1) is 16.5 Å². The van der Waals surface area contributed by atoms with Crippen molar-refractivity contribution < 1.29 is 9.18 Å². The number of thioether (sulfide) groups is 1. The molecule has 1 aromatic carbocycles. The molecule has 0 saturated heterocycles. The highest BCUT2D eigenvalue weighted by molar-refractivity contribution is 8.00. The Morgan fingerprint density at radius 1 is 1.21 bits per heavy atom. The highest BCUT2D eigenvalue weighted by Gasteiger charge is 2.24. The Morgan fingerprint density at radius 3 is 2.54 bits per heavy atom. The van der Waals surface area contributed by atoms with Gasteiger partial charge >= 0.3 is 0 Å². The average Bonchev–Trinajstić information content (AvgIpc) is 3.18. The molecule has 148 valence electrons. The van der Waals surface area contributed by atoms with Crippen LogP contribution in [0.4, 0.5) is 9.52 Å². The van der Waals surface area contributed by atoms with E-state index in [4.69, 9.17) is 0 Å². The zero-order valence-corrected chi connectivity index (χ0v) is 18.0. The molecule has 0 fully saturated rings. The Morgan fingerprint density at radius 2 is 1.93 bits per heavy atom. The smallest absolute Gasteiger partial charge is 0.239 e. The Labute approximate surface area is 171 Å². The number of carbonyl (C=O) groups is 1. The van der Waals surface area contributed by atoms with E-state index in [2.05, 4.69) is 20.5 Å². The number of benzene rings is 1. The molecular formula is C19H22FN5OS2. The lowest BCUT2D eigenvalue weighted by atomic mass is 10.2. The first kappa shape index (κ1) is 20.5. The third-order valence-electron chi connectivity index (χ3n) is 4.21. The van der Waals surface area contributed by atoms with Gasteiger partial charge < -0.3 is 5.32 Å². The van der Waals surface area contributed by atoms with Crippen LogP contribution in [0, 0.1) is 19.7 Å². The Hall–Kier alpha value is -2.26. The van der Waals surface area contributed by atoms with Crippen LogP contribution in [0.5, 0.6) is 0 Å². The molecule has 0 saturated carbocycles. The fourth-order valence-corrected chi connectivity index (χ4v) is 4.39. The number of rotatable bonds is 6. The van der Waals surface area contributed by atoms with Gasteiger partial charge in [0, 0.05) is 10.9 Å². The first-order chi connectivity index (χ1) is 13.3. The van der Waals surface area contributed by atoms with Crippen LogP contribution in [-0.4, -0.2) is 30.9 Å². The molecule has 0 aliphatic heterocycles. The fraction of sp³-hybridized carbons (Fsp3) is 0.368. The van der Waals surface area contributed by atoms with Gasteiger partial charge in [-0.2, -0.15) is 0 Å². The second-order valence-corrected chi connectivity index (χ2v) is 9.17. The summed E-state index contributed by atoms with van der Waals surface area (Å²) >= 11 is 2.74. The molecule has 0 bridgehead atoms. The number of carbonyl (C=O) groups excluding carboxylic acids is 1. The summed E-state index contributed by atoms with van der Waals surface area (Å²) in [7, 11) is 0. The number of nitrogens with one attached hydrogen (secondary N) is 1. The Balaban J connectivity index is 1.82. The van der Waals surface area contributed by atoms with Crippen molar-refractivity contribution in [2.45, 2.75) is 51.1 Å². The predicted molar refractivity (Wildman–Crippen MR) is 111 cm³/mol. The molecule has 1 amide bonds. The molecule has 28 heavy (non-hydrogen) atoms. The van der Waals surface area contributed by atoms with Crippen LogP contribution >= 0.6 is 23.1 Å². The first-order valence-electron chi connectivity index (χ1n) is 8.89. The molecule has 0 aliphatic carbocycles. The van der Waals surface area contributed by atoms with Crippen LogP contribution < -0.4 is 5.32 Å². The topological polar surface area (TPSA) is 72.7 Å². The van der Waals surface area contributed by atoms with Crippen LogP contribution in [0.1, 0.15) is 37.4 Å². The minimum atomic E-state index is -0.417. The molecule has 0 unspecified atom stereocenters. The quantitative estimate of drug-likeness (QED) is 0.578. The molecule has 6 nitrogen and oxygen atoms in total. The van der Waals surface area contributed by atoms with E-state index in [0.29, 0.717) is 21.7 Å². The van der Waals surface area contributed by atoms with Crippen LogP contribution in [0.15, 0.2) is 29.4 Å². The minimum absolute atomic E-state index is 0.00614. The van der Waals surface area contributed by atoms with E-state index in [1.54, 1.807) is 25.1 Å². The molecular weight excluding hydrogens is 397 g/mol. The van der Waals surface area contributed by atoms with Crippen LogP contribution in [0.3, 0.4) is 0 Å². The summed E-state index contributed by atoms with van der Waals surface area (Å²) in [4.78, 5) is 18.0. The number of halogens is 1. The number of aromatic nitrogens is 4. The molecule has 2 aromatic heterocycles. The average molecular weight is 420 g/mol. The van der Waals surface area contributed by atoms with Gasteiger partial charge in [-0.05, 0) is 46.8 Å². The summed E-state index contributed by atoms with van der Waals surface area (Å²) in [6, 6.07) is 6.48. The lowest BCUT2D eigenvalue weighted by Gasteiger charge is -2.16. The van der Waals surface area contributed by atoms with Crippen LogP contribution in [-0.2, 0) is 4.79 Å². The number of amides is 1. The van der Waals surface area contributed by atoms with Gasteiger partial charge in [0.25, 0.3) is 0 Å². The normalized spacial score (nSPS) is 12.4. The maximum Gasteiger partial charge on any atom is 0.239 e. The standard InChI is InChI=1S/C19H22FN5OS2/c1-10(2)25-16(14-8-6-7-9-15(14)20)23-24-19(25)28-13(5)17(26)22-18-21-11(3)12(4)27-18/h6-10,13H,1-5H3,(H,21,22,26)/t13-/m1/s1. The zero-order chi connectivity index (χ0) is 20.4. The van der Waals surface area contributed by atoms with E-state index in [1.165, 1.54) is 29.2 Å². The molecule has 9 heteroatoms. The third-order valence-corrected chi connectivity index (χ3v) is 6.25. The lowest BCUT2D eigenvalue weighted by Crippen LogP contribution is -2.23. The third kappa shape index (κ3) is 4.25. The number of nitrogens with zero attached hydrogens (tertiary/aromatic N) is 4. The van der Waals surface area contributed by atoms with Crippen molar-refractivity contribution in [2.75, 3.05) is 5.32 Å². The highest BCUT2D eigenvalue weighted by atomic mass is 32.2. The van der Waals surface area contributed by atoms with Crippen molar-refractivity contribution in [1.29, 1.82) is 0 Å². The fourth-order valence-electron chi connectivity index (χ4n) is 2.59. The molecule has 2 heterocycles. The predicted octanol–water partition coefficient (Wildman–Crippen LogP) is 4.86. The molecule has 3 aromatic rings. The summed E-state index contributed by atoms with van der Waals surface area (Å²) in [5.41, 5.74) is 1.30. The molecule has 0 radical (unpaired) electrons. The Bertz CT molecular complexity index is 979. The van der Waals surface area contributed by atoms with Gasteiger partial charge in [0.2, 0.25) is 5.91 Å².